The van der Waals surface area contributed by atoms with Gasteiger partial charge in [0.15, 0.2) is 11.2 Å². The van der Waals surface area contributed by atoms with Crippen LogP contribution in [0.4, 0.5) is 5.95 Å². The Morgan fingerprint density at radius 3 is 2.36 bits per heavy atom. The summed E-state index contributed by atoms with van der Waals surface area (Å²) in [4.78, 5) is 34.9. The van der Waals surface area contributed by atoms with Gasteiger partial charge in [0.1, 0.15) is 0 Å². The second kappa shape index (κ2) is 8.23. The summed E-state index contributed by atoms with van der Waals surface area (Å²) in [7, 11) is 0. The Kier molecular flexibility index (Phi) is 6.64. The average molecular weight is 307 g/mol. The van der Waals surface area contributed by atoms with E-state index >= 15 is 0 Å². The maximum Gasteiger partial charge on any atom is 1.00 e. The number of benzene rings is 1. The van der Waals surface area contributed by atoms with Gasteiger partial charge in [-0.3, -0.25) is 9.78 Å². The van der Waals surface area contributed by atoms with Crippen molar-refractivity contribution in [2.24, 2.45) is 0 Å². The smallest absolute Gasteiger partial charge is 0.545 e. The monoisotopic (exact) mass is 307 g/mol. The molecule has 0 unspecified atom stereocenters. The molecule has 0 spiro atoms. The third kappa shape index (κ3) is 4.62. The van der Waals surface area contributed by atoms with E-state index in [2.05, 4.69) is 19.9 Å². The summed E-state index contributed by atoms with van der Waals surface area (Å²) in [6.45, 7) is 0. The predicted octanol–water partition coefficient (Wildman–Crippen LogP) is -3.65. The molecule has 8 nitrogen and oxygen atoms in total. The molecular weight excluding hydrogens is 297 g/mol. The molecule has 1 aromatic carbocycles. The molecule has 0 aliphatic carbocycles. The number of nitrogens with zero attached hydrogens (tertiary/aromatic N) is 3. The molecular formula is C13H10N5NaO3. The molecule has 0 atom stereocenters. The van der Waals surface area contributed by atoms with E-state index in [0.717, 1.165) is 0 Å². The van der Waals surface area contributed by atoms with Crippen LogP contribution in [0, 0.1) is 0 Å². The van der Waals surface area contributed by atoms with Gasteiger partial charge >= 0.3 is 29.6 Å². The molecule has 9 heteroatoms. The van der Waals surface area contributed by atoms with Gasteiger partial charge in [0.25, 0.3) is 5.56 Å². The topological polar surface area (TPSA) is 138 Å². The molecule has 0 saturated heterocycles. The maximum atomic E-state index is 11.1. The molecule has 0 fully saturated rings. The van der Waals surface area contributed by atoms with E-state index in [-0.39, 0.29) is 57.8 Å². The summed E-state index contributed by atoms with van der Waals surface area (Å²) in [5.74, 6) is -1.08. The van der Waals surface area contributed by atoms with Crippen LogP contribution in [0.5, 0.6) is 0 Å². The van der Waals surface area contributed by atoms with Gasteiger partial charge < -0.3 is 15.6 Å². The number of aromatic carboxylic acids is 1. The van der Waals surface area contributed by atoms with E-state index in [1.54, 1.807) is 18.2 Å². The molecule has 2 heterocycles. The van der Waals surface area contributed by atoms with Crippen molar-refractivity contribution >= 4 is 23.1 Å². The first kappa shape index (κ1) is 17.8. The van der Waals surface area contributed by atoms with Gasteiger partial charge in [-0.25, -0.2) is 9.97 Å². The molecule has 0 aliphatic rings. The number of rotatable bonds is 1. The average Bonchev–Trinajstić information content (AvgIpc) is 2.48. The van der Waals surface area contributed by atoms with Crippen molar-refractivity contribution in [2.75, 3.05) is 5.73 Å². The minimum atomic E-state index is -1.13. The summed E-state index contributed by atoms with van der Waals surface area (Å²) in [6.07, 6.45) is 2.88. The number of carbonyl (C=O) groups excluding carboxylic acids is 1. The number of carboxylic acid groups (broad SMARTS) is 1. The Labute approximate surface area is 146 Å². The number of nitrogens with two attached hydrogens (primary N) is 1. The number of carboxylic acids is 1. The number of carbonyl (C=O) groups is 1. The molecule has 2 aromatic heterocycles. The van der Waals surface area contributed by atoms with Gasteiger partial charge in [0, 0.05) is 12.4 Å². The van der Waals surface area contributed by atoms with Crippen molar-refractivity contribution < 1.29 is 39.5 Å². The van der Waals surface area contributed by atoms with Crippen LogP contribution in [0.3, 0.4) is 0 Å². The molecule has 0 radical (unpaired) electrons. The van der Waals surface area contributed by atoms with E-state index in [4.69, 9.17) is 5.73 Å². The molecule has 3 rings (SSSR count). The summed E-state index contributed by atoms with van der Waals surface area (Å²) < 4.78 is 0. The quantitative estimate of drug-likeness (QED) is 0.442. The number of aromatic nitrogens is 4. The summed E-state index contributed by atoms with van der Waals surface area (Å²) in [5, 5.41) is 10.1. The van der Waals surface area contributed by atoms with Crippen LogP contribution in [-0.2, 0) is 0 Å². The number of nitrogens with one attached hydrogen (secondary N) is 1. The summed E-state index contributed by atoms with van der Waals surface area (Å²) in [6, 6.07) is 8.06. The van der Waals surface area contributed by atoms with Crippen molar-refractivity contribution in [3.05, 3.63) is 58.6 Å². The first-order valence-corrected chi connectivity index (χ1v) is 5.81. The number of aromatic amines is 1. The van der Waals surface area contributed by atoms with Gasteiger partial charge in [-0.05, 0) is 5.56 Å². The van der Waals surface area contributed by atoms with Crippen LogP contribution in [-0.4, -0.2) is 25.9 Å². The maximum absolute atomic E-state index is 11.1. The second-order valence-electron chi connectivity index (χ2n) is 3.83. The minimum Gasteiger partial charge on any atom is -0.545 e. The van der Waals surface area contributed by atoms with Crippen LogP contribution in [0.25, 0.3) is 11.2 Å². The second-order valence-corrected chi connectivity index (χ2v) is 3.83. The van der Waals surface area contributed by atoms with Crippen molar-refractivity contribution in [3.63, 3.8) is 0 Å². The molecule has 22 heavy (non-hydrogen) atoms. The SMILES string of the molecule is Nc1nc2nccnc2c(=O)[nH]1.O=C([O-])c1ccccc1.[Na+]. The third-order valence-electron chi connectivity index (χ3n) is 2.37. The Bertz CT molecular complexity index is 823. The number of H-pyrrole nitrogens is 1. The van der Waals surface area contributed by atoms with Gasteiger partial charge in [-0.1, -0.05) is 30.3 Å². The van der Waals surface area contributed by atoms with Crippen LogP contribution >= 0.6 is 0 Å². The van der Waals surface area contributed by atoms with Gasteiger partial charge in [0.2, 0.25) is 5.95 Å². The number of anilines is 1. The molecule has 0 bridgehead atoms. The van der Waals surface area contributed by atoms with Crippen molar-refractivity contribution in [3.8, 4) is 0 Å². The number of hydrogen-bond acceptors (Lipinski definition) is 7. The van der Waals surface area contributed by atoms with E-state index in [1.807, 2.05) is 0 Å². The molecule has 3 aromatic rings. The zero-order valence-electron chi connectivity index (χ0n) is 11.7. The van der Waals surface area contributed by atoms with Crippen molar-refractivity contribution in [1.82, 2.24) is 19.9 Å². The van der Waals surface area contributed by atoms with E-state index in [9.17, 15) is 14.7 Å². The number of hydrogen-bond donors (Lipinski definition) is 2. The van der Waals surface area contributed by atoms with Crippen LogP contribution in [0.2, 0.25) is 0 Å². The Morgan fingerprint density at radius 2 is 1.77 bits per heavy atom. The summed E-state index contributed by atoms with van der Waals surface area (Å²) >= 11 is 0. The standard InChI is InChI=1S/C7H6O2.C6H5N5O.Na/c8-7(9)6-4-2-1-3-5-6;7-6-10-4-3(5(12)11-6)8-1-2-9-4;/h1-5H,(H,8,9);1-2H,(H3,7,9,10,11,12);/q;;+1/p-1. The normalized spacial score (nSPS) is 9.27. The Hall–Kier alpha value is -2.29. The van der Waals surface area contributed by atoms with Crippen molar-refractivity contribution in [1.29, 1.82) is 0 Å². The Morgan fingerprint density at radius 1 is 1.14 bits per heavy atom. The summed E-state index contributed by atoms with van der Waals surface area (Å²) in [5.41, 5.74) is 5.60. The minimum absolute atomic E-state index is 0. The molecule has 3 N–H and O–H groups in total. The van der Waals surface area contributed by atoms with Gasteiger partial charge in [-0.2, -0.15) is 4.98 Å². The predicted molar refractivity (Wildman–Crippen MR) is 73.1 cm³/mol. The zero-order chi connectivity index (χ0) is 15.2. The molecule has 0 saturated carbocycles. The first-order valence-electron chi connectivity index (χ1n) is 5.81. The number of fused-ring (bicyclic) bond motifs is 1. The van der Waals surface area contributed by atoms with E-state index in [0.29, 0.717) is 0 Å². The van der Waals surface area contributed by atoms with Crippen LogP contribution in [0.15, 0.2) is 47.5 Å². The fourth-order valence-corrected chi connectivity index (χ4v) is 1.46. The Balaban J connectivity index is 0.000000219. The van der Waals surface area contributed by atoms with E-state index < -0.39 is 5.97 Å². The largest absolute Gasteiger partial charge is 1.00 e. The fraction of sp³-hybridized carbons (Fsp3) is 0. The van der Waals surface area contributed by atoms with Crippen molar-refractivity contribution in [2.45, 2.75) is 0 Å². The molecule has 0 aliphatic heterocycles. The van der Waals surface area contributed by atoms with Gasteiger partial charge in [0.05, 0.1) is 5.97 Å². The molecule has 106 valence electrons. The first-order chi connectivity index (χ1) is 10.1. The van der Waals surface area contributed by atoms with Gasteiger partial charge in [-0.15, -0.1) is 0 Å². The molecule has 0 amide bonds. The van der Waals surface area contributed by atoms with E-state index in [1.165, 1.54) is 24.5 Å². The zero-order valence-corrected chi connectivity index (χ0v) is 13.7. The third-order valence-corrected chi connectivity index (χ3v) is 2.37. The van der Waals surface area contributed by atoms with Crippen LogP contribution < -0.4 is 46.0 Å². The van der Waals surface area contributed by atoms with Crippen LogP contribution in [0.1, 0.15) is 10.4 Å². The number of nitrogen functional groups attached to an aromatic ring is 1. The fourth-order valence-electron chi connectivity index (χ4n) is 1.46.